The van der Waals surface area contributed by atoms with E-state index in [0.717, 1.165) is 10.2 Å². The van der Waals surface area contributed by atoms with Gasteiger partial charge in [0.25, 0.3) is 5.56 Å². The van der Waals surface area contributed by atoms with Crippen LogP contribution in [0.3, 0.4) is 0 Å². The summed E-state index contributed by atoms with van der Waals surface area (Å²) in [6.07, 6.45) is 0.407. The van der Waals surface area contributed by atoms with Crippen molar-refractivity contribution < 1.29 is 19.0 Å². The maximum absolute atomic E-state index is 12.1. The SMILES string of the molecule is CC[C@@H](C(=O)OC)n1nc(-c2ccc3c(c2)OCO3)ccc1=O. The molecule has 0 spiro atoms. The Hall–Kier alpha value is -2.83. The van der Waals surface area contributed by atoms with Crippen LogP contribution in [-0.2, 0) is 9.53 Å². The zero-order chi connectivity index (χ0) is 16.4. The number of benzene rings is 1. The molecule has 2 heterocycles. The lowest BCUT2D eigenvalue weighted by Gasteiger charge is -2.15. The molecule has 1 aliphatic rings. The third kappa shape index (κ3) is 2.77. The molecule has 0 N–H and O–H groups in total. The van der Waals surface area contributed by atoms with Crippen LogP contribution in [-0.4, -0.2) is 29.7 Å². The van der Waals surface area contributed by atoms with Crippen molar-refractivity contribution in [3.8, 4) is 22.8 Å². The molecule has 3 rings (SSSR count). The minimum absolute atomic E-state index is 0.186. The highest BCUT2D eigenvalue weighted by atomic mass is 16.7. The maximum Gasteiger partial charge on any atom is 0.330 e. The number of nitrogens with zero attached hydrogens (tertiary/aromatic N) is 2. The second kappa shape index (κ2) is 6.12. The van der Waals surface area contributed by atoms with Crippen LogP contribution in [0.1, 0.15) is 19.4 Å². The second-order valence-electron chi connectivity index (χ2n) is 5.02. The molecule has 0 aliphatic carbocycles. The number of rotatable bonds is 4. The molecule has 0 saturated carbocycles. The topological polar surface area (TPSA) is 79.7 Å². The molecule has 1 aromatic heterocycles. The standard InChI is InChI=1S/C16H16N2O5/c1-3-12(16(20)21-2)18-15(19)7-5-11(17-18)10-4-6-13-14(8-10)23-9-22-13/h4-8,12H,3,9H2,1-2H3/t12-/m0/s1. The van der Waals surface area contributed by atoms with Gasteiger partial charge in [-0.05, 0) is 30.7 Å². The van der Waals surface area contributed by atoms with Crippen molar-refractivity contribution in [2.45, 2.75) is 19.4 Å². The fourth-order valence-electron chi connectivity index (χ4n) is 2.43. The van der Waals surface area contributed by atoms with Gasteiger partial charge in [0.2, 0.25) is 6.79 Å². The minimum atomic E-state index is -0.749. The molecule has 1 aliphatic heterocycles. The number of esters is 1. The molecule has 0 amide bonds. The first kappa shape index (κ1) is 15.1. The number of aromatic nitrogens is 2. The zero-order valence-corrected chi connectivity index (χ0v) is 12.8. The number of carbonyl (C=O) groups excluding carboxylic acids is 1. The van der Waals surface area contributed by atoms with E-state index in [9.17, 15) is 9.59 Å². The van der Waals surface area contributed by atoms with E-state index in [2.05, 4.69) is 5.10 Å². The molecule has 0 saturated heterocycles. The van der Waals surface area contributed by atoms with Gasteiger partial charge >= 0.3 is 5.97 Å². The summed E-state index contributed by atoms with van der Waals surface area (Å²) in [5.41, 5.74) is 0.972. The van der Waals surface area contributed by atoms with Crippen LogP contribution in [0.2, 0.25) is 0 Å². The van der Waals surface area contributed by atoms with Gasteiger partial charge in [0.1, 0.15) is 0 Å². The van der Waals surface area contributed by atoms with Crippen molar-refractivity contribution in [3.63, 3.8) is 0 Å². The van der Waals surface area contributed by atoms with Crippen LogP contribution >= 0.6 is 0 Å². The van der Waals surface area contributed by atoms with Gasteiger partial charge in [0.15, 0.2) is 17.5 Å². The Kier molecular flexibility index (Phi) is 4.01. The van der Waals surface area contributed by atoms with E-state index in [1.807, 2.05) is 6.07 Å². The van der Waals surface area contributed by atoms with Crippen LogP contribution in [0.4, 0.5) is 0 Å². The van der Waals surface area contributed by atoms with Crippen molar-refractivity contribution in [1.82, 2.24) is 9.78 Å². The summed E-state index contributed by atoms with van der Waals surface area (Å²) in [6, 6.07) is 7.65. The number of carbonyl (C=O) groups is 1. The Bertz CT molecular complexity index is 799. The van der Waals surface area contributed by atoms with Crippen molar-refractivity contribution >= 4 is 5.97 Å². The normalized spacial score (nSPS) is 13.7. The fourth-order valence-corrected chi connectivity index (χ4v) is 2.43. The molecule has 0 unspecified atom stereocenters. The van der Waals surface area contributed by atoms with Gasteiger partial charge in [-0.15, -0.1) is 0 Å². The molecule has 0 radical (unpaired) electrons. The Balaban J connectivity index is 2.03. The molecule has 1 atom stereocenters. The van der Waals surface area contributed by atoms with E-state index in [0.29, 0.717) is 23.6 Å². The monoisotopic (exact) mass is 316 g/mol. The molecule has 1 aromatic carbocycles. The molecule has 120 valence electrons. The molecule has 0 fully saturated rings. The summed E-state index contributed by atoms with van der Waals surface area (Å²) in [5.74, 6) is 0.801. The Morgan fingerprint density at radius 3 is 2.83 bits per heavy atom. The van der Waals surface area contributed by atoms with Gasteiger partial charge in [-0.25, -0.2) is 9.48 Å². The lowest BCUT2D eigenvalue weighted by atomic mass is 10.1. The molecular formula is C16H16N2O5. The summed E-state index contributed by atoms with van der Waals surface area (Å²) in [5, 5.41) is 4.32. The summed E-state index contributed by atoms with van der Waals surface area (Å²) in [6.45, 7) is 1.98. The molecular weight excluding hydrogens is 300 g/mol. The van der Waals surface area contributed by atoms with Gasteiger partial charge in [-0.2, -0.15) is 5.10 Å². The van der Waals surface area contributed by atoms with Crippen molar-refractivity contribution in [2.24, 2.45) is 0 Å². The summed E-state index contributed by atoms with van der Waals surface area (Å²) in [7, 11) is 1.29. The van der Waals surface area contributed by atoms with Crippen LogP contribution in [0.15, 0.2) is 35.1 Å². The van der Waals surface area contributed by atoms with E-state index >= 15 is 0 Å². The van der Waals surface area contributed by atoms with Gasteiger partial charge in [0, 0.05) is 11.6 Å². The molecule has 2 aromatic rings. The lowest BCUT2D eigenvalue weighted by Crippen LogP contribution is -2.32. The lowest BCUT2D eigenvalue weighted by molar-refractivity contribution is -0.145. The van der Waals surface area contributed by atoms with E-state index in [1.54, 1.807) is 25.1 Å². The van der Waals surface area contributed by atoms with E-state index < -0.39 is 12.0 Å². The number of fused-ring (bicyclic) bond motifs is 1. The fraction of sp³-hybridized carbons (Fsp3) is 0.312. The van der Waals surface area contributed by atoms with Crippen molar-refractivity contribution in [2.75, 3.05) is 13.9 Å². The van der Waals surface area contributed by atoms with Gasteiger partial charge in [-0.3, -0.25) is 4.79 Å². The predicted molar refractivity (Wildman–Crippen MR) is 81.4 cm³/mol. The zero-order valence-electron chi connectivity index (χ0n) is 12.8. The molecule has 7 heteroatoms. The van der Waals surface area contributed by atoms with Gasteiger partial charge in [0.05, 0.1) is 12.8 Å². The average Bonchev–Trinajstić information content (AvgIpc) is 3.04. The van der Waals surface area contributed by atoms with Gasteiger partial charge in [-0.1, -0.05) is 6.92 Å². The largest absolute Gasteiger partial charge is 0.467 e. The number of ether oxygens (including phenoxy) is 3. The first-order valence-electron chi connectivity index (χ1n) is 7.21. The smallest absolute Gasteiger partial charge is 0.330 e. The van der Waals surface area contributed by atoms with Crippen LogP contribution in [0.5, 0.6) is 11.5 Å². The summed E-state index contributed by atoms with van der Waals surface area (Å²) in [4.78, 5) is 23.9. The summed E-state index contributed by atoms with van der Waals surface area (Å²) < 4.78 is 16.5. The Morgan fingerprint density at radius 1 is 1.30 bits per heavy atom. The third-order valence-corrected chi connectivity index (χ3v) is 3.65. The predicted octanol–water partition coefficient (Wildman–Crippen LogP) is 1.76. The summed E-state index contributed by atoms with van der Waals surface area (Å²) >= 11 is 0. The van der Waals surface area contributed by atoms with E-state index in [4.69, 9.17) is 14.2 Å². The number of hydrogen-bond donors (Lipinski definition) is 0. The highest BCUT2D eigenvalue weighted by Gasteiger charge is 2.22. The molecule has 23 heavy (non-hydrogen) atoms. The first-order chi connectivity index (χ1) is 11.1. The second-order valence-corrected chi connectivity index (χ2v) is 5.02. The molecule has 0 bridgehead atoms. The Morgan fingerprint density at radius 2 is 2.09 bits per heavy atom. The van der Waals surface area contributed by atoms with E-state index in [-0.39, 0.29) is 12.4 Å². The third-order valence-electron chi connectivity index (χ3n) is 3.65. The first-order valence-corrected chi connectivity index (χ1v) is 7.21. The number of hydrogen-bond acceptors (Lipinski definition) is 6. The van der Waals surface area contributed by atoms with Crippen molar-refractivity contribution in [3.05, 3.63) is 40.7 Å². The van der Waals surface area contributed by atoms with Crippen LogP contribution in [0, 0.1) is 0 Å². The van der Waals surface area contributed by atoms with Crippen LogP contribution in [0.25, 0.3) is 11.3 Å². The van der Waals surface area contributed by atoms with Crippen molar-refractivity contribution in [1.29, 1.82) is 0 Å². The maximum atomic E-state index is 12.1. The van der Waals surface area contributed by atoms with Crippen LogP contribution < -0.4 is 15.0 Å². The highest BCUT2D eigenvalue weighted by molar-refractivity contribution is 5.74. The highest BCUT2D eigenvalue weighted by Crippen LogP contribution is 2.35. The average molecular weight is 316 g/mol. The Labute approximate surface area is 132 Å². The van der Waals surface area contributed by atoms with E-state index in [1.165, 1.54) is 13.2 Å². The quantitative estimate of drug-likeness (QED) is 0.800. The minimum Gasteiger partial charge on any atom is -0.467 e. The number of methoxy groups -OCH3 is 1. The molecule has 7 nitrogen and oxygen atoms in total. The van der Waals surface area contributed by atoms with Gasteiger partial charge < -0.3 is 14.2 Å².